The van der Waals surface area contributed by atoms with Crippen molar-refractivity contribution in [2.45, 2.75) is 0 Å². The number of fused-ring (bicyclic) bond motifs is 1. The molecule has 7 nitrogen and oxygen atoms in total. The van der Waals surface area contributed by atoms with Gasteiger partial charge in [0, 0.05) is 24.6 Å². The van der Waals surface area contributed by atoms with Crippen LogP contribution in [0, 0.1) is 10.1 Å². The van der Waals surface area contributed by atoms with Crippen LogP contribution in [0.1, 0.15) is 10.5 Å². The van der Waals surface area contributed by atoms with Crippen LogP contribution in [0.3, 0.4) is 0 Å². The van der Waals surface area contributed by atoms with Gasteiger partial charge in [0.1, 0.15) is 5.52 Å². The maximum absolute atomic E-state index is 11.6. The summed E-state index contributed by atoms with van der Waals surface area (Å²) in [6.45, 7) is 0. The summed E-state index contributed by atoms with van der Waals surface area (Å²) in [4.78, 5) is 21.9. The molecule has 0 aliphatic carbocycles. The van der Waals surface area contributed by atoms with E-state index in [9.17, 15) is 14.9 Å². The molecule has 8 heteroatoms. The first-order valence-electron chi connectivity index (χ1n) is 4.84. The first-order valence-corrected chi connectivity index (χ1v) is 5.64. The number of ether oxygens (including phenoxy) is 1. The Morgan fingerprint density at radius 3 is 2.78 bits per heavy atom. The Kier molecular flexibility index (Phi) is 3.04. The first kappa shape index (κ1) is 12.5. The van der Waals surface area contributed by atoms with Crippen LogP contribution in [0.15, 0.2) is 16.6 Å². The van der Waals surface area contributed by atoms with Gasteiger partial charge >= 0.3 is 5.97 Å². The zero-order valence-corrected chi connectivity index (χ0v) is 11.1. The summed E-state index contributed by atoms with van der Waals surface area (Å²) in [6, 6.07) is 2.65. The van der Waals surface area contributed by atoms with E-state index in [4.69, 9.17) is 0 Å². The van der Waals surface area contributed by atoms with Crippen LogP contribution in [-0.2, 0) is 11.8 Å². The van der Waals surface area contributed by atoms with Crippen LogP contribution >= 0.6 is 15.9 Å². The molecule has 18 heavy (non-hydrogen) atoms. The SMILES string of the molecule is COC(=O)c1c2cc([N+](=O)[O-])cc(Br)c2nn1C. The standard InChI is InChI=1S/C10H8BrN3O4/c1-13-9(10(15)18-2)6-3-5(14(16)17)4-7(11)8(6)12-13/h3-4H,1-2H3. The van der Waals surface area contributed by atoms with Crippen molar-refractivity contribution in [3.05, 3.63) is 32.4 Å². The van der Waals surface area contributed by atoms with Crippen molar-refractivity contribution in [3.63, 3.8) is 0 Å². The lowest BCUT2D eigenvalue weighted by molar-refractivity contribution is -0.384. The predicted molar refractivity (Wildman–Crippen MR) is 66.4 cm³/mol. The van der Waals surface area contributed by atoms with Gasteiger partial charge in [0.2, 0.25) is 0 Å². The highest BCUT2D eigenvalue weighted by Gasteiger charge is 2.21. The molecule has 0 spiro atoms. The van der Waals surface area contributed by atoms with Crippen molar-refractivity contribution in [2.75, 3.05) is 7.11 Å². The van der Waals surface area contributed by atoms with Gasteiger partial charge in [-0.1, -0.05) is 0 Å². The number of hydrogen-bond donors (Lipinski definition) is 0. The number of benzene rings is 1. The highest BCUT2D eigenvalue weighted by Crippen LogP contribution is 2.30. The van der Waals surface area contributed by atoms with E-state index >= 15 is 0 Å². The minimum atomic E-state index is -0.590. The minimum Gasteiger partial charge on any atom is -0.464 e. The number of aromatic nitrogens is 2. The van der Waals surface area contributed by atoms with E-state index in [1.807, 2.05) is 0 Å². The second kappa shape index (κ2) is 4.37. The molecule has 0 aliphatic heterocycles. The number of carbonyl (C=O) groups excluding carboxylic acids is 1. The van der Waals surface area contributed by atoms with Gasteiger partial charge in [-0.2, -0.15) is 5.10 Å². The number of esters is 1. The molecule has 0 aliphatic rings. The number of aryl methyl sites for hydroxylation is 1. The number of carbonyl (C=O) groups is 1. The van der Waals surface area contributed by atoms with Crippen molar-refractivity contribution in [3.8, 4) is 0 Å². The van der Waals surface area contributed by atoms with Crippen LogP contribution in [0.25, 0.3) is 10.9 Å². The van der Waals surface area contributed by atoms with Crippen molar-refractivity contribution < 1.29 is 14.5 Å². The Hall–Kier alpha value is -1.96. The van der Waals surface area contributed by atoms with E-state index in [1.54, 1.807) is 7.05 Å². The molecule has 0 saturated carbocycles. The molecule has 94 valence electrons. The lowest BCUT2D eigenvalue weighted by atomic mass is 10.2. The van der Waals surface area contributed by atoms with Crippen molar-refractivity contribution in [2.24, 2.45) is 7.05 Å². The fourth-order valence-corrected chi connectivity index (χ4v) is 2.21. The third kappa shape index (κ3) is 1.84. The van der Waals surface area contributed by atoms with E-state index in [-0.39, 0.29) is 11.4 Å². The number of hydrogen-bond acceptors (Lipinski definition) is 5. The molecule has 0 bridgehead atoms. The summed E-state index contributed by atoms with van der Waals surface area (Å²) < 4.78 is 6.43. The number of halogens is 1. The molecule has 0 amide bonds. The maximum Gasteiger partial charge on any atom is 0.356 e. The zero-order valence-electron chi connectivity index (χ0n) is 9.51. The Balaban J connectivity index is 2.83. The quantitative estimate of drug-likeness (QED) is 0.481. The van der Waals surface area contributed by atoms with Crippen LogP contribution in [-0.4, -0.2) is 27.8 Å². The third-order valence-electron chi connectivity index (χ3n) is 2.47. The van der Waals surface area contributed by atoms with Gasteiger partial charge in [-0.25, -0.2) is 4.79 Å². The van der Waals surface area contributed by atoms with Crippen LogP contribution in [0.5, 0.6) is 0 Å². The number of non-ortho nitro benzene ring substituents is 1. The fourth-order valence-electron chi connectivity index (χ4n) is 1.69. The summed E-state index contributed by atoms with van der Waals surface area (Å²) in [6.07, 6.45) is 0. The number of nitro groups is 1. The average molecular weight is 314 g/mol. The summed E-state index contributed by atoms with van der Waals surface area (Å²) in [7, 11) is 2.82. The number of rotatable bonds is 2. The molecule has 0 saturated heterocycles. The van der Waals surface area contributed by atoms with Crippen LogP contribution in [0.2, 0.25) is 0 Å². The van der Waals surface area contributed by atoms with E-state index in [1.165, 1.54) is 23.9 Å². The normalized spacial score (nSPS) is 10.6. The van der Waals surface area contributed by atoms with Crippen molar-refractivity contribution in [1.29, 1.82) is 0 Å². The number of nitrogens with zero attached hydrogens (tertiary/aromatic N) is 3. The minimum absolute atomic E-state index is 0.118. The van der Waals surface area contributed by atoms with Gasteiger partial charge in [0.25, 0.3) is 5.69 Å². The van der Waals surface area contributed by atoms with Gasteiger partial charge < -0.3 is 4.74 Å². The summed E-state index contributed by atoms with van der Waals surface area (Å²) in [5, 5.41) is 15.3. The maximum atomic E-state index is 11.6. The van der Waals surface area contributed by atoms with Gasteiger partial charge in [0.05, 0.1) is 16.5 Å². The smallest absolute Gasteiger partial charge is 0.356 e. The molecule has 1 aromatic carbocycles. The van der Waals surface area contributed by atoms with Gasteiger partial charge in [-0.05, 0) is 15.9 Å². The molecule has 2 rings (SSSR count). The summed E-state index contributed by atoms with van der Waals surface area (Å²) >= 11 is 3.20. The average Bonchev–Trinajstić information content (AvgIpc) is 2.65. The summed E-state index contributed by atoms with van der Waals surface area (Å²) in [5.41, 5.74) is 0.535. The molecule has 0 atom stereocenters. The highest BCUT2D eigenvalue weighted by atomic mass is 79.9. The molecule has 1 heterocycles. The molecule has 0 N–H and O–H groups in total. The Morgan fingerprint density at radius 1 is 1.56 bits per heavy atom. The molecule has 2 aromatic rings. The van der Waals surface area contributed by atoms with Gasteiger partial charge in [-0.3, -0.25) is 14.8 Å². The highest BCUT2D eigenvalue weighted by molar-refractivity contribution is 9.10. The molecule has 0 fully saturated rings. The van der Waals surface area contributed by atoms with Crippen LogP contribution in [0.4, 0.5) is 5.69 Å². The van der Waals surface area contributed by atoms with Crippen molar-refractivity contribution in [1.82, 2.24) is 9.78 Å². The molecular formula is C10H8BrN3O4. The van der Waals surface area contributed by atoms with E-state index in [0.29, 0.717) is 15.4 Å². The second-order valence-electron chi connectivity index (χ2n) is 3.54. The Labute approximate surface area is 110 Å². The Bertz CT molecular complexity index is 665. The van der Waals surface area contributed by atoms with Crippen LogP contribution < -0.4 is 0 Å². The second-order valence-corrected chi connectivity index (χ2v) is 4.40. The number of nitro benzene ring substituents is 1. The lowest BCUT2D eigenvalue weighted by Crippen LogP contribution is -2.08. The van der Waals surface area contributed by atoms with Gasteiger partial charge in [0.15, 0.2) is 5.69 Å². The topological polar surface area (TPSA) is 87.3 Å². The monoisotopic (exact) mass is 313 g/mol. The van der Waals surface area contributed by atoms with Gasteiger partial charge in [-0.15, -0.1) is 0 Å². The largest absolute Gasteiger partial charge is 0.464 e. The lowest BCUT2D eigenvalue weighted by Gasteiger charge is -1.99. The first-order chi connectivity index (χ1) is 8.45. The van der Waals surface area contributed by atoms with E-state index in [2.05, 4.69) is 25.8 Å². The summed E-state index contributed by atoms with van der Waals surface area (Å²) in [5.74, 6) is -0.590. The fraction of sp³-hybridized carbons (Fsp3) is 0.200. The van der Waals surface area contributed by atoms with Crippen molar-refractivity contribution >= 4 is 38.5 Å². The Morgan fingerprint density at radius 2 is 2.22 bits per heavy atom. The molecule has 1 aromatic heterocycles. The molecular weight excluding hydrogens is 306 g/mol. The predicted octanol–water partition coefficient (Wildman–Crippen LogP) is 2.03. The number of methoxy groups -OCH3 is 1. The van der Waals surface area contributed by atoms with E-state index in [0.717, 1.165) is 0 Å². The van der Waals surface area contributed by atoms with E-state index < -0.39 is 10.9 Å². The zero-order chi connectivity index (χ0) is 13.4. The molecule has 0 radical (unpaired) electrons. The molecule has 0 unspecified atom stereocenters. The third-order valence-corrected chi connectivity index (χ3v) is 3.07.